The predicted molar refractivity (Wildman–Crippen MR) is 119 cm³/mol. The second-order valence-electron chi connectivity index (χ2n) is 8.08. The molecule has 5 rings (SSSR count). The lowest BCUT2D eigenvalue weighted by atomic mass is 9.86. The van der Waals surface area contributed by atoms with Gasteiger partial charge in [-0.05, 0) is 24.6 Å². The van der Waals surface area contributed by atoms with Gasteiger partial charge < -0.3 is 24.6 Å². The number of carbonyl (C=O) groups excluding carboxylic acids is 1. The fourth-order valence-electron chi connectivity index (χ4n) is 4.14. The Labute approximate surface area is 193 Å². The van der Waals surface area contributed by atoms with Gasteiger partial charge in [0.1, 0.15) is 6.61 Å². The Morgan fingerprint density at radius 1 is 1.12 bits per heavy atom. The van der Waals surface area contributed by atoms with Crippen molar-refractivity contribution in [2.24, 2.45) is 0 Å². The number of carboxylic acids is 2. The number of pyridine rings is 2. The van der Waals surface area contributed by atoms with Gasteiger partial charge in [-0.3, -0.25) is 14.4 Å². The Morgan fingerprint density at radius 3 is 2.44 bits per heavy atom. The van der Waals surface area contributed by atoms with Gasteiger partial charge in [-0.25, -0.2) is 9.78 Å². The number of rotatable bonds is 4. The summed E-state index contributed by atoms with van der Waals surface area (Å²) in [6, 6.07) is 11.6. The summed E-state index contributed by atoms with van der Waals surface area (Å²) in [5, 5.41) is 27.6. The summed E-state index contributed by atoms with van der Waals surface area (Å²) < 4.78 is 6.72. The molecule has 4 heterocycles. The lowest BCUT2D eigenvalue weighted by Gasteiger charge is -2.31. The molecule has 3 N–H and O–H groups in total. The number of para-hydroxylation sites is 1. The summed E-state index contributed by atoms with van der Waals surface area (Å²) >= 11 is 0. The van der Waals surface area contributed by atoms with E-state index in [0.717, 1.165) is 22.2 Å². The lowest BCUT2D eigenvalue weighted by molar-refractivity contribution is -0.172. The minimum atomic E-state index is -1.79. The van der Waals surface area contributed by atoms with E-state index < -0.39 is 23.5 Å². The summed E-state index contributed by atoms with van der Waals surface area (Å²) in [4.78, 5) is 49.2. The van der Waals surface area contributed by atoms with E-state index in [4.69, 9.17) is 19.9 Å². The maximum absolute atomic E-state index is 13.0. The Kier molecular flexibility index (Phi) is 5.92. The van der Waals surface area contributed by atoms with Gasteiger partial charge in [-0.1, -0.05) is 25.1 Å². The number of hydrogen-bond donors (Lipinski definition) is 3. The maximum atomic E-state index is 13.0. The van der Waals surface area contributed by atoms with Crippen molar-refractivity contribution >= 4 is 28.8 Å². The second-order valence-corrected chi connectivity index (χ2v) is 8.08. The molecule has 2 aromatic heterocycles. The third-order valence-corrected chi connectivity index (χ3v) is 5.97. The monoisotopic (exact) mass is 466 g/mol. The topological polar surface area (TPSA) is 156 Å². The highest BCUT2D eigenvalue weighted by Gasteiger charge is 2.45. The van der Waals surface area contributed by atoms with Crippen molar-refractivity contribution in [2.75, 3.05) is 0 Å². The molecule has 1 atom stereocenters. The highest BCUT2D eigenvalue weighted by Crippen LogP contribution is 2.38. The number of carbonyl (C=O) groups is 3. The molecule has 1 aromatic carbocycles. The summed E-state index contributed by atoms with van der Waals surface area (Å²) in [6.07, 6.45) is -0.454. The van der Waals surface area contributed by atoms with Crippen LogP contribution in [0.3, 0.4) is 0 Å². The minimum absolute atomic E-state index is 0.110. The zero-order chi connectivity index (χ0) is 24.6. The Morgan fingerprint density at radius 2 is 1.79 bits per heavy atom. The molecule has 2 aliphatic rings. The maximum Gasteiger partial charge on any atom is 0.343 e. The second kappa shape index (κ2) is 8.71. The van der Waals surface area contributed by atoms with E-state index in [2.05, 4.69) is 0 Å². The zero-order valence-electron chi connectivity index (χ0n) is 18.3. The number of nitrogens with zero attached hydrogens (tertiary/aromatic N) is 2. The van der Waals surface area contributed by atoms with Gasteiger partial charge in [0.15, 0.2) is 5.60 Å². The highest BCUT2D eigenvalue weighted by molar-refractivity contribution is 5.86. The van der Waals surface area contributed by atoms with Crippen LogP contribution in [-0.4, -0.2) is 42.8 Å². The zero-order valence-corrected chi connectivity index (χ0v) is 18.3. The van der Waals surface area contributed by atoms with Gasteiger partial charge in [0.05, 0.1) is 41.9 Å². The Balaban J connectivity index is 0.000000297. The molecule has 0 amide bonds. The fraction of sp³-hybridized carbons (Fsp3) is 0.292. The normalized spacial score (nSPS) is 17.6. The molecule has 10 nitrogen and oxygen atoms in total. The molecule has 176 valence electrons. The van der Waals surface area contributed by atoms with Crippen molar-refractivity contribution in [3.05, 3.63) is 63.4 Å². The molecule has 0 unspecified atom stereocenters. The number of fused-ring (bicyclic) bond motifs is 5. The average molecular weight is 466 g/mol. The van der Waals surface area contributed by atoms with E-state index in [0.29, 0.717) is 23.4 Å². The lowest BCUT2D eigenvalue weighted by Crippen LogP contribution is -2.44. The molecule has 0 radical (unpaired) electrons. The number of aliphatic hydroxyl groups is 1. The Hall–Kier alpha value is -4.05. The molecule has 34 heavy (non-hydrogen) atoms. The van der Waals surface area contributed by atoms with Crippen LogP contribution in [0, 0.1) is 0 Å². The van der Waals surface area contributed by atoms with Crippen LogP contribution in [0.4, 0.5) is 0 Å². The molecule has 0 aliphatic carbocycles. The van der Waals surface area contributed by atoms with Crippen molar-refractivity contribution in [3.63, 3.8) is 0 Å². The fourth-order valence-corrected chi connectivity index (χ4v) is 4.14. The highest BCUT2D eigenvalue weighted by atomic mass is 16.6. The van der Waals surface area contributed by atoms with E-state index in [1.54, 1.807) is 17.6 Å². The summed E-state index contributed by atoms with van der Waals surface area (Å²) in [6.45, 7) is 2.01. The first-order valence-electron chi connectivity index (χ1n) is 10.6. The van der Waals surface area contributed by atoms with Crippen LogP contribution in [0.5, 0.6) is 0 Å². The molecule has 3 aromatic rings. The largest absolute Gasteiger partial charge is 0.481 e. The van der Waals surface area contributed by atoms with Gasteiger partial charge in [0.25, 0.3) is 5.56 Å². The molecular weight excluding hydrogens is 444 g/mol. The molecule has 0 saturated heterocycles. The van der Waals surface area contributed by atoms with Crippen molar-refractivity contribution in [1.82, 2.24) is 9.55 Å². The number of carboxylic acid groups (broad SMARTS) is 2. The van der Waals surface area contributed by atoms with Crippen LogP contribution in [0.15, 0.2) is 41.2 Å². The molecule has 0 spiro atoms. The molecule has 10 heteroatoms. The van der Waals surface area contributed by atoms with Gasteiger partial charge in [0, 0.05) is 16.5 Å². The van der Waals surface area contributed by atoms with E-state index in [9.17, 15) is 24.3 Å². The number of hydrogen-bond acceptors (Lipinski definition) is 7. The van der Waals surface area contributed by atoms with Gasteiger partial charge >= 0.3 is 17.9 Å². The SMILES string of the molecule is CC[C@@]1(O)C(=O)OCc2c1cc1n(c2=O)Cc2cc3ccccc3nc2-1.O=C(O)CCC(=O)O. The standard InChI is InChI=1S/C20H16N2O4.C4H6O4/c1-2-20(25)14-8-16-17-12(7-11-5-3-4-6-15(11)21-17)9-22(16)18(23)13(14)10-26-19(20)24;5-3(6)1-2-4(7)8/h3-8,25H,2,9-10H2,1H3;1-2H2,(H,5,6)(H,7,8)/t20-;/m0./s1. The number of aliphatic carboxylic acids is 2. The summed E-state index contributed by atoms with van der Waals surface area (Å²) in [5.74, 6) is -2.86. The predicted octanol–water partition coefficient (Wildman–Crippen LogP) is 2.02. The number of aromatic nitrogens is 2. The van der Waals surface area contributed by atoms with E-state index in [1.807, 2.05) is 30.3 Å². The third-order valence-electron chi connectivity index (χ3n) is 5.97. The quantitative estimate of drug-likeness (QED) is 0.383. The van der Waals surface area contributed by atoms with Crippen LogP contribution >= 0.6 is 0 Å². The minimum Gasteiger partial charge on any atom is -0.481 e. The van der Waals surface area contributed by atoms with Gasteiger partial charge in [0.2, 0.25) is 0 Å². The Bertz CT molecular complexity index is 1380. The number of esters is 1. The molecule has 0 bridgehead atoms. The van der Waals surface area contributed by atoms with Crippen molar-refractivity contribution in [3.8, 4) is 11.4 Å². The van der Waals surface area contributed by atoms with E-state index >= 15 is 0 Å². The van der Waals surface area contributed by atoms with Crippen LogP contribution in [0.25, 0.3) is 22.3 Å². The van der Waals surface area contributed by atoms with E-state index in [-0.39, 0.29) is 31.4 Å². The number of ether oxygens (including phenoxy) is 1. The average Bonchev–Trinajstić information content (AvgIpc) is 3.17. The van der Waals surface area contributed by atoms with Gasteiger partial charge in [-0.2, -0.15) is 0 Å². The first-order valence-corrected chi connectivity index (χ1v) is 10.6. The van der Waals surface area contributed by atoms with Crippen LogP contribution in [0.1, 0.15) is 42.9 Å². The summed E-state index contributed by atoms with van der Waals surface area (Å²) in [5.41, 5.74) is 1.81. The van der Waals surface area contributed by atoms with E-state index in [1.165, 1.54) is 0 Å². The summed E-state index contributed by atoms with van der Waals surface area (Å²) in [7, 11) is 0. The number of cyclic esters (lactones) is 1. The smallest absolute Gasteiger partial charge is 0.343 e. The number of benzene rings is 1. The van der Waals surface area contributed by atoms with Crippen molar-refractivity contribution in [2.45, 2.75) is 44.9 Å². The third kappa shape index (κ3) is 3.92. The molecular formula is C24H22N2O8. The van der Waals surface area contributed by atoms with Crippen molar-refractivity contribution < 1.29 is 34.4 Å². The molecule has 0 saturated carbocycles. The van der Waals surface area contributed by atoms with Crippen LogP contribution < -0.4 is 5.56 Å². The molecule has 0 fully saturated rings. The first kappa shape index (κ1) is 23.1. The van der Waals surface area contributed by atoms with Gasteiger partial charge in [-0.15, -0.1) is 0 Å². The first-order chi connectivity index (χ1) is 16.2. The van der Waals surface area contributed by atoms with Crippen LogP contribution in [0.2, 0.25) is 0 Å². The van der Waals surface area contributed by atoms with Crippen LogP contribution in [-0.2, 0) is 37.9 Å². The van der Waals surface area contributed by atoms with Crippen molar-refractivity contribution in [1.29, 1.82) is 0 Å². The molecule has 2 aliphatic heterocycles.